The van der Waals surface area contributed by atoms with Crippen molar-refractivity contribution in [3.8, 4) is 11.5 Å². The highest BCUT2D eigenvalue weighted by Gasteiger charge is 2.08. The first-order valence-corrected chi connectivity index (χ1v) is 8.65. The van der Waals surface area contributed by atoms with Crippen molar-refractivity contribution < 1.29 is 38.7 Å². The fraction of sp³-hybridized carbons (Fsp3) is 0.300. The standard InChI is InChI=1S/C20H22O8/c21-9-11-27-19(23)15-1-5-17(6-2-15)25-13-14-26-18-7-3-16(4-8-18)20(24)28-12-10-22/h1-8,21-22H,9-14H2. The lowest BCUT2D eigenvalue weighted by Gasteiger charge is -2.09. The maximum Gasteiger partial charge on any atom is 0.338 e. The number of esters is 2. The minimum atomic E-state index is -0.507. The number of benzene rings is 2. The molecule has 150 valence electrons. The van der Waals surface area contributed by atoms with Crippen LogP contribution in [-0.4, -0.2) is 61.8 Å². The lowest BCUT2D eigenvalue weighted by atomic mass is 10.2. The molecule has 0 unspecified atom stereocenters. The van der Waals surface area contributed by atoms with Gasteiger partial charge in [0, 0.05) is 0 Å². The zero-order valence-electron chi connectivity index (χ0n) is 15.2. The van der Waals surface area contributed by atoms with Crippen molar-refractivity contribution >= 4 is 11.9 Å². The van der Waals surface area contributed by atoms with Crippen LogP contribution in [0.3, 0.4) is 0 Å². The Morgan fingerprint density at radius 1 is 0.607 bits per heavy atom. The number of ether oxygens (including phenoxy) is 4. The molecule has 0 radical (unpaired) electrons. The minimum absolute atomic E-state index is 0.0424. The van der Waals surface area contributed by atoms with E-state index in [-0.39, 0.29) is 39.6 Å². The summed E-state index contributed by atoms with van der Waals surface area (Å²) in [5, 5.41) is 17.3. The van der Waals surface area contributed by atoms with Crippen LogP contribution in [0, 0.1) is 0 Å². The Morgan fingerprint density at radius 3 is 1.29 bits per heavy atom. The SMILES string of the molecule is O=C(OCCO)c1ccc(OCCOc2ccc(C(=O)OCCO)cc2)cc1. The zero-order valence-corrected chi connectivity index (χ0v) is 15.2. The van der Waals surface area contributed by atoms with Crippen molar-refractivity contribution in [3.05, 3.63) is 59.7 Å². The van der Waals surface area contributed by atoms with Gasteiger partial charge in [0.1, 0.15) is 37.9 Å². The summed E-state index contributed by atoms with van der Waals surface area (Å²) < 4.78 is 20.7. The average molecular weight is 390 g/mol. The fourth-order valence-corrected chi connectivity index (χ4v) is 2.14. The maximum atomic E-state index is 11.6. The van der Waals surface area contributed by atoms with Crippen LogP contribution < -0.4 is 9.47 Å². The number of hydrogen-bond donors (Lipinski definition) is 2. The fourth-order valence-electron chi connectivity index (χ4n) is 2.14. The molecule has 0 bridgehead atoms. The number of aliphatic hydroxyl groups is 2. The van der Waals surface area contributed by atoms with Gasteiger partial charge in [-0.25, -0.2) is 9.59 Å². The van der Waals surface area contributed by atoms with Gasteiger partial charge in [-0.1, -0.05) is 0 Å². The smallest absolute Gasteiger partial charge is 0.338 e. The van der Waals surface area contributed by atoms with Crippen LogP contribution in [0.1, 0.15) is 20.7 Å². The summed E-state index contributed by atoms with van der Waals surface area (Å²) in [6.07, 6.45) is 0. The van der Waals surface area contributed by atoms with Crippen molar-refractivity contribution in [3.63, 3.8) is 0 Å². The molecule has 2 aromatic rings. The molecule has 2 N–H and O–H groups in total. The molecule has 0 atom stereocenters. The molecule has 2 aromatic carbocycles. The van der Waals surface area contributed by atoms with E-state index in [4.69, 9.17) is 29.2 Å². The summed E-state index contributed by atoms with van der Waals surface area (Å²) in [6, 6.07) is 12.9. The average Bonchev–Trinajstić information content (AvgIpc) is 2.74. The Balaban J connectivity index is 1.72. The molecule has 2 rings (SSSR count). The van der Waals surface area contributed by atoms with E-state index in [0.717, 1.165) is 0 Å². The summed E-state index contributed by atoms with van der Waals surface area (Å²) >= 11 is 0. The molecule has 8 nitrogen and oxygen atoms in total. The molecule has 0 amide bonds. The van der Waals surface area contributed by atoms with E-state index >= 15 is 0 Å². The topological polar surface area (TPSA) is 112 Å². The van der Waals surface area contributed by atoms with E-state index in [1.807, 2.05) is 0 Å². The first-order valence-electron chi connectivity index (χ1n) is 8.65. The van der Waals surface area contributed by atoms with Gasteiger partial charge in [0.25, 0.3) is 0 Å². The lowest BCUT2D eigenvalue weighted by molar-refractivity contribution is 0.0427. The van der Waals surface area contributed by atoms with Gasteiger partial charge >= 0.3 is 11.9 Å². The molecule has 0 heterocycles. The molecular formula is C20H22O8. The minimum Gasteiger partial charge on any atom is -0.490 e. The van der Waals surface area contributed by atoms with E-state index < -0.39 is 11.9 Å². The third-order valence-electron chi connectivity index (χ3n) is 3.45. The number of carbonyl (C=O) groups is 2. The van der Waals surface area contributed by atoms with Gasteiger partial charge in [0.2, 0.25) is 0 Å². The van der Waals surface area contributed by atoms with Gasteiger partial charge < -0.3 is 29.2 Å². The number of hydrogen-bond acceptors (Lipinski definition) is 8. The van der Waals surface area contributed by atoms with Crippen LogP contribution in [0.2, 0.25) is 0 Å². The Labute approximate surface area is 162 Å². The summed E-state index contributed by atoms with van der Waals surface area (Å²) in [5.41, 5.74) is 0.740. The van der Waals surface area contributed by atoms with Crippen molar-refractivity contribution in [2.45, 2.75) is 0 Å². The number of aliphatic hydroxyl groups excluding tert-OH is 2. The second-order valence-corrected chi connectivity index (χ2v) is 5.46. The van der Waals surface area contributed by atoms with E-state index in [1.54, 1.807) is 48.5 Å². The molecule has 8 heteroatoms. The number of carbonyl (C=O) groups excluding carboxylic acids is 2. The van der Waals surface area contributed by atoms with Crippen molar-refractivity contribution in [2.24, 2.45) is 0 Å². The summed E-state index contributed by atoms with van der Waals surface area (Å²) in [7, 11) is 0. The third-order valence-corrected chi connectivity index (χ3v) is 3.45. The van der Waals surface area contributed by atoms with Crippen LogP contribution in [-0.2, 0) is 9.47 Å². The lowest BCUT2D eigenvalue weighted by Crippen LogP contribution is -2.11. The van der Waals surface area contributed by atoms with Gasteiger partial charge in [0.15, 0.2) is 0 Å². The molecule has 0 aliphatic rings. The predicted octanol–water partition coefficient (Wildman–Crippen LogP) is 1.44. The Hall–Kier alpha value is -3.10. The molecule has 0 saturated carbocycles. The first kappa shape index (κ1) is 21.2. The Kier molecular flexibility index (Phi) is 8.77. The van der Waals surface area contributed by atoms with E-state index in [2.05, 4.69) is 0 Å². The largest absolute Gasteiger partial charge is 0.490 e. The van der Waals surface area contributed by atoms with Gasteiger partial charge in [-0.15, -0.1) is 0 Å². The number of rotatable bonds is 11. The van der Waals surface area contributed by atoms with Gasteiger partial charge in [-0.3, -0.25) is 0 Å². The Bertz CT molecular complexity index is 674. The van der Waals surface area contributed by atoms with Gasteiger partial charge in [-0.2, -0.15) is 0 Å². The molecule has 28 heavy (non-hydrogen) atoms. The van der Waals surface area contributed by atoms with Crippen molar-refractivity contribution in [2.75, 3.05) is 39.6 Å². The summed E-state index contributed by atoms with van der Waals surface area (Å²) in [4.78, 5) is 23.2. The maximum absolute atomic E-state index is 11.6. The monoisotopic (exact) mass is 390 g/mol. The second-order valence-electron chi connectivity index (χ2n) is 5.46. The van der Waals surface area contributed by atoms with Gasteiger partial charge in [0.05, 0.1) is 24.3 Å². The van der Waals surface area contributed by atoms with Crippen LogP contribution >= 0.6 is 0 Å². The highest BCUT2D eigenvalue weighted by Crippen LogP contribution is 2.15. The molecular weight excluding hydrogens is 368 g/mol. The van der Waals surface area contributed by atoms with Gasteiger partial charge in [-0.05, 0) is 48.5 Å². The highest BCUT2D eigenvalue weighted by molar-refractivity contribution is 5.90. The normalized spacial score (nSPS) is 10.2. The first-order chi connectivity index (χ1) is 13.6. The van der Waals surface area contributed by atoms with Crippen LogP contribution in [0.4, 0.5) is 0 Å². The second kappa shape index (κ2) is 11.6. The zero-order chi connectivity index (χ0) is 20.2. The van der Waals surface area contributed by atoms with E-state index in [9.17, 15) is 9.59 Å². The van der Waals surface area contributed by atoms with Crippen molar-refractivity contribution in [1.29, 1.82) is 0 Å². The third kappa shape index (κ3) is 6.90. The molecule has 0 aliphatic carbocycles. The Morgan fingerprint density at radius 2 is 0.964 bits per heavy atom. The molecule has 0 aliphatic heterocycles. The quantitative estimate of drug-likeness (QED) is 0.438. The summed E-state index contributed by atoms with van der Waals surface area (Å²) in [6.45, 7) is 0.0502. The van der Waals surface area contributed by atoms with Crippen molar-refractivity contribution in [1.82, 2.24) is 0 Å². The molecule has 0 saturated heterocycles. The highest BCUT2D eigenvalue weighted by atomic mass is 16.5. The van der Waals surface area contributed by atoms with E-state index in [0.29, 0.717) is 22.6 Å². The van der Waals surface area contributed by atoms with Crippen LogP contribution in [0.25, 0.3) is 0 Å². The van der Waals surface area contributed by atoms with E-state index in [1.165, 1.54) is 0 Å². The predicted molar refractivity (Wildman–Crippen MR) is 98.6 cm³/mol. The van der Waals surface area contributed by atoms with Crippen LogP contribution in [0.5, 0.6) is 11.5 Å². The van der Waals surface area contributed by atoms with Crippen LogP contribution in [0.15, 0.2) is 48.5 Å². The molecule has 0 aromatic heterocycles. The molecule has 0 fully saturated rings. The summed E-state index contributed by atoms with van der Waals surface area (Å²) in [5.74, 6) is 0.133. The molecule has 0 spiro atoms.